The fourth-order valence-electron chi connectivity index (χ4n) is 4.30. The number of benzene rings is 5. The van der Waals surface area contributed by atoms with Crippen LogP contribution < -0.4 is 0 Å². The zero-order chi connectivity index (χ0) is 28.7. The molecule has 0 N–H and O–H groups in total. The summed E-state index contributed by atoms with van der Waals surface area (Å²) in [6.07, 6.45) is 1.68. The second-order valence-corrected chi connectivity index (χ2v) is 13.5. The summed E-state index contributed by atoms with van der Waals surface area (Å²) in [6.45, 7) is 1.90. The van der Waals surface area contributed by atoms with E-state index in [1.807, 2.05) is 79.7 Å². The van der Waals surface area contributed by atoms with Gasteiger partial charge in [-0.15, -0.1) is 0 Å². The highest BCUT2D eigenvalue weighted by atomic mass is 32.3. The van der Waals surface area contributed by atoms with Gasteiger partial charge in [0.15, 0.2) is 5.82 Å². The van der Waals surface area contributed by atoms with Crippen molar-refractivity contribution in [2.24, 2.45) is 4.36 Å². The first-order valence-corrected chi connectivity index (χ1v) is 16.1. The van der Waals surface area contributed by atoms with E-state index in [-0.39, 0.29) is 17.3 Å². The van der Waals surface area contributed by atoms with Crippen LogP contribution in [0.4, 0.5) is 0 Å². The highest BCUT2D eigenvalue weighted by Gasteiger charge is 2.31. The van der Waals surface area contributed by atoms with Crippen LogP contribution in [0.25, 0.3) is 6.08 Å². The van der Waals surface area contributed by atoms with Gasteiger partial charge in [-0.25, -0.2) is 12.7 Å². The molecule has 5 aromatic rings. The van der Waals surface area contributed by atoms with E-state index in [4.69, 9.17) is 4.36 Å². The summed E-state index contributed by atoms with van der Waals surface area (Å²) < 4.78 is 49.9. The number of hydrogen-bond acceptors (Lipinski definition) is 4. The lowest BCUT2D eigenvalue weighted by atomic mass is 10.2. The molecule has 0 saturated carbocycles. The molecule has 5 rings (SSSR count). The first kappa shape index (κ1) is 28.2. The maximum atomic E-state index is 15.0. The second kappa shape index (κ2) is 12.5. The largest absolute Gasteiger partial charge is 0.622 e. The Hall–Kier alpha value is -4.30. The molecule has 0 unspecified atom stereocenters. The molecule has 0 saturated heterocycles. The minimum Gasteiger partial charge on any atom is -0.622 e. The van der Waals surface area contributed by atoms with Crippen LogP contribution in [0.3, 0.4) is 0 Å². The molecule has 41 heavy (non-hydrogen) atoms. The van der Waals surface area contributed by atoms with Crippen molar-refractivity contribution in [3.05, 3.63) is 168 Å². The van der Waals surface area contributed by atoms with E-state index < -0.39 is 20.1 Å². The Bertz CT molecular complexity index is 1730. The van der Waals surface area contributed by atoms with E-state index in [0.29, 0.717) is 9.79 Å². The minimum atomic E-state index is -4.13. The van der Waals surface area contributed by atoms with Crippen molar-refractivity contribution in [1.29, 1.82) is 0 Å². The Labute approximate surface area is 243 Å². The summed E-state index contributed by atoms with van der Waals surface area (Å²) in [6, 6.07) is 43.3. The molecule has 206 valence electrons. The third-order valence-electron chi connectivity index (χ3n) is 6.48. The summed E-state index contributed by atoms with van der Waals surface area (Å²) in [5, 5.41) is 0. The van der Waals surface area contributed by atoms with Gasteiger partial charge in [-0.1, -0.05) is 119 Å². The Kier molecular flexibility index (Phi) is 8.59. The number of nitrogens with zero attached hydrogens (tertiary/aromatic N) is 2. The van der Waals surface area contributed by atoms with Crippen LogP contribution in [-0.2, 0) is 26.7 Å². The monoisotopic (exact) mass is 578 g/mol. The Morgan fingerprint density at radius 2 is 1.17 bits per heavy atom. The highest BCUT2D eigenvalue weighted by Crippen LogP contribution is 2.34. The van der Waals surface area contributed by atoms with Crippen LogP contribution in [0.1, 0.15) is 16.7 Å². The van der Waals surface area contributed by atoms with Crippen LogP contribution >= 0.6 is 0 Å². The van der Waals surface area contributed by atoms with Crippen molar-refractivity contribution >= 4 is 26.2 Å². The van der Waals surface area contributed by atoms with Gasteiger partial charge in [0.05, 0.1) is 11.4 Å². The molecule has 0 fully saturated rings. The zero-order valence-electron chi connectivity index (χ0n) is 22.6. The average Bonchev–Trinajstić information content (AvgIpc) is 3.01. The molecular weight excluding hydrogens is 549 g/mol. The third kappa shape index (κ3) is 6.55. The standard InChI is InChI=1S/C34H30N2O3S2/c1-28-22-24-33(25-23-28)41(38,39)36(27-30-16-8-3-9-17-30)34(26-29-14-6-2-7-15-29)35-40(37,31-18-10-4-11-19-31)32-20-12-5-13-21-32/h2-26H,27H2,1H3/b34-26-. The molecule has 5 aromatic carbocycles. The molecule has 0 bridgehead atoms. The van der Waals surface area contributed by atoms with Crippen molar-refractivity contribution < 1.29 is 13.0 Å². The van der Waals surface area contributed by atoms with Gasteiger partial charge in [0.1, 0.15) is 9.79 Å². The maximum Gasteiger partial charge on any atom is 0.265 e. The Balaban J connectivity index is 1.81. The van der Waals surface area contributed by atoms with Gasteiger partial charge < -0.3 is 4.55 Å². The molecule has 0 atom stereocenters. The van der Waals surface area contributed by atoms with E-state index in [9.17, 15) is 8.42 Å². The quantitative estimate of drug-likeness (QED) is 0.168. The van der Waals surface area contributed by atoms with Crippen LogP contribution in [0, 0.1) is 6.92 Å². The molecule has 7 heteroatoms. The van der Waals surface area contributed by atoms with Gasteiger partial charge in [-0.3, -0.25) is 0 Å². The maximum absolute atomic E-state index is 15.0. The molecule has 0 spiro atoms. The summed E-state index contributed by atoms with van der Waals surface area (Å²) in [7, 11) is -7.43. The van der Waals surface area contributed by atoms with E-state index in [1.54, 1.807) is 78.9 Å². The molecule has 0 heterocycles. The van der Waals surface area contributed by atoms with Crippen LogP contribution in [0.2, 0.25) is 0 Å². The van der Waals surface area contributed by atoms with E-state index >= 15 is 4.55 Å². The fourth-order valence-corrected chi connectivity index (χ4v) is 7.70. The number of rotatable bonds is 9. The SMILES string of the molecule is Cc1ccc(S(=O)(=O)N(Cc2ccccc2)/C(=C\c2ccccc2)N=[S+]([O-])(c2ccccc2)c2ccccc2)cc1. The van der Waals surface area contributed by atoms with Gasteiger partial charge in [0.2, 0.25) is 0 Å². The zero-order valence-corrected chi connectivity index (χ0v) is 24.2. The average molecular weight is 579 g/mol. The minimum absolute atomic E-state index is 0.00167. The molecule has 0 aliphatic carbocycles. The van der Waals surface area contributed by atoms with Gasteiger partial charge in [0, 0.05) is 0 Å². The molecule has 0 aliphatic rings. The van der Waals surface area contributed by atoms with Crippen molar-refractivity contribution in [3.63, 3.8) is 0 Å². The van der Waals surface area contributed by atoms with Crippen molar-refractivity contribution in [3.8, 4) is 0 Å². The van der Waals surface area contributed by atoms with Gasteiger partial charge in [-0.05, 0) is 70.6 Å². The summed E-state index contributed by atoms with van der Waals surface area (Å²) >= 11 is 0. The van der Waals surface area contributed by atoms with E-state index in [0.717, 1.165) is 16.7 Å². The highest BCUT2D eigenvalue weighted by molar-refractivity contribution is 8.00. The Morgan fingerprint density at radius 3 is 1.68 bits per heavy atom. The lowest BCUT2D eigenvalue weighted by molar-refractivity contribution is 0.470. The lowest BCUT2D eigenvalue weighted by Gasteiger charge is -2.28. The predicted molar refractivity (Wildman–Crippen MR) is 165 cm³/mol. The molecule has 5 nitrogen and oxygen atoms in total. The summed E-state index contributed by atoms with van der Waals surface area (Å²) in [4.78, 5) is 1.09. The first-order chi connectivity index (χ1) is 19.9. The van der Waals surface area contributed by atoms with E-state index in [1.165, 1.54) is 4.31 Å². The molecule has 0 radical (unpaired) electrons. The molecule has 0 aromatic heterocycles. The van der Waals surface area contributed by atoms with Gasteiger partial charge >= 0.3 is 0 Å². The third-order valence-corrected chi connectivity index (χ3v) is 10.5. The van der Waals surface area contributed by atoms with Crippen LogP contribution in [0.15, 0.2) is 170 Å². The Morgan fingerprint density at radius 1 is 0.707 bits per heavy atom. The van der Waals surface area contributed by atoms with Gasteiger partial charge in [-0.2, -0.15) is 0 Å². The van der Waals surface area contributed by atoms with Gasteiger partial charge in [0.25, 0.3) is 10.0 Å². The topological polar surface area (TPSA) is 72.8 Å². The number of hydrogen-bond donors (Lipinski definition) is 0. The smallest absolute Gasteiger partial charge is 0.265 e. The summed E-state index contributed by atoms with van der Waals surface area (Å²) in [5.74, 6) is 0.0679. The van der Waals surface area contributed by atoms with E-state index in [2.05, 4.69) is 0 Å². The second-order valence-electron chi connectivity index (χ2n) is 9.47. The fraction of sp³-hybridized carbons (Fsp3) is 0.0588. The first-order valence-electron chi connectivity index (χ1n) is 13.1. The number of aryl methyl sites for hydroxylation is 1. The van der Waals surface area contributed by atoms with Crippen molar-refractivity contribution in [1.82, 2.24) is 4.31 Å². The lowest BCUT2D eigenvalue weighted by Crippen LogP contribution is -2.30. The van der Waals surface area contributed by atoms with Crippen LogP contribution in [-0.4, -0.2) is 17.3 Å². The summed E-state index contributed by atoms with van der Waals surface area (Å²) in [5.41, 5.74) is 2.44. The normalized spacial score (nSPS) is 12.1. The van der Waals surface area contributed by atoms with Crippen molar-refractivity contribution in [2.45, 2.75) is 28.2 Å². The predicted octanol–water partition coefficient (Wildman–Crippen LogP) is 7.77. The van der Waals surface area contributed by atoms with Crippen molar-refractivity contribution in [2.75, 3.05) is 0 Å². The number of sulfonamides is 1. The van der Waals surface area contributed by atoms with Crippen LogP contribution in [0.5, 0.6) is 0 Å². The molecular formula is C34H30N2O3S2. The molecule has 0 amide bonds. The molecule has 0 aliphatic heterocycles.